The van der Waals surface area contributed by atoms with Crippen LogP contribution in [-0.2, 0) is 4.84 Å². The monoisotopic (exact) mass is 303 g/mol. The Morgan fingerprint density at radius 3 is 2.14 bits per heavy atom. The number of carbonyl (C=O) groups is 1. The van der Waals surface area contributed by atoms with E-state index in [2.05, 4.69) is 5.16 Å². The molecule has 0 aromatic heterocycles. The zero-order valence-electron chi connectivity index (χ0n) is 11.8. The first kappa shape index (κ1) is 13.3. The van der Waals surface area contributed by atoms with Gasteiger partial charge in [0.1, 0.15) is 0 Å². The fraction of sp³-hybridized carbons (Fsp3) is 0.529. The summed E-state index contributed by atoms with van der Waals surface area (Å²) in [6.07, 6.45) is 6.37. The Labute approximate surface area is 129 Å². The normalized spacial score (nSPS) is 33.1. The van der Waals surface area contributed by atoms with Crippen LogP contribution in [0.15, 0.2) is 29.4 Å². The number of hydrogen-bond donors (Lipinski definition) is 0. The van der Waals surface area contributed by atoms with E-state index < -0.39 is 5.97 Å². The van der Waals surface area contributed by atoms with Gasteiger partial charge in [-0.3, -0.25) is 0 Å². The highest BCUT2D eigenvalue weighted by atomic mass is 35.5. The minimum absolute atomic E-state index is 0.395. The lowest BCUT2D eigenvalue weighted by Gasteiger charge is -2.49. The van der Waals surface area contributed by atoms with E-state index >= 15 is 0 Å². The van der Waals surface area contributed by atoms with Gasteiger partial charge < -0.3 is 4.84 Å². The highest BCUT2D eigenvalue weighted by molar-refractivity contribution is 6.30. The Kier molecular flexibility index (Phi) is 3.26. The predicted octanol–water partition coefficient (Wildman–Crippen LogP) is 4.31. The maximum absolute atomic E-state index is 12.0. The van der Waals surface area contributed by atoms with Gasteiger partial charge in [0.25, 0.3) is 0 Å². The molecule has 21 heavy (non-hydrogen) atoms. The second-order valence-electron chi connectivity index (χ2n) is 6.71. The van der Waals surface area contributed by atoms with Crippen LogP contribution in [0.5, 0.6) is 0 Å². The summed E-state index contributed by atoms with van der Waals surface area (Å²) in [6, 6.07) is 6.71. The van der Waals surface area contributed by atoms with E-state index in [1.807, 2.05) is 0 Å². The van der Waals surface area contributed by atoms with Crippen molar-refractivity contribution in [3.8, 4) is 0 Å². The Hall–Kier alpha value is -1.35. The quantitative estimate of drug-likeness (QED) is 0.603. The lowest BCUT2D eigenvalue weighted by atomic mass is 9.55. The standard InChI is InChI=1S/C17H18ClNO2/c18-15-3-1-12(2-4-15)17(20)21-19-16-13-6-10-5-11(8-13)9-14(16)7-10/h1-4,10-11,13-14H,5-9H2. The molecular formula is C17H18ClNO2. The average Bonchev–Trinajstić information content (AvgIpc) is 2.46. The highest BCUT2D eigenvalue weighted by Gasteiger charge is 2.46. The number of oxime groups is 1. The maximum Gasteiger partial charge on any atom is 0.365 e. The Bertz CT molecular complexity index is 563. The molecule has 0 radical (unpaired) electrons. The first-order chi connectivity index (χ1) is 10.2. The lowest BCUT2D eigenvalue weighted by molar-refractivity contribution is 0.0483. The molecule has 4 fully saturated rings. The van der Waals surface area contributed by atoms with E-state index in [-0.39, 0.29) is 0 Å². The molecule has 3 nitrogen and oxygen atoms in total. The molecular weight excluding hydrogens is 286 g/mol. The average molecular weight is 304 g/mol. The summed E-state index contributed by atoms with van der Waals surface area (Å²) in [4.78, 5) is 17.2. The van der Waals surface area contributed by atoms with E-state index in [4.69, 9.17) is 16.4 Å². The van der Waals surface area contributed by atoms with Crippen LogP contribution in [0.25, 0.3) is 0 Å². The molecule has 4 aliphatic carbocycles. The third kappa shape index (κ3) is 2.48. The molecule has 0 N–H and O–H groups in total. The SMILES string of the molecule is O=C(ON=C1C2CC3CC(C2)CC1C3)c1ccc(Cl)cc1. The van der Waals surface area contributed by atoms with Crippen molar-refractivity contribution >= 4 is 23.3 Å². The molecule has 0 spiro atoms. The van der Waals surface area contributed by atoms with Crippen molar-refractivity contribution < 1.29 is 9.63 Å². The summed E-state index contributed by atoms with van der Waals surface area (Å²) in [7, 11) is 0. The van der Waals surface area contributed by atoms with Gasteiger partial charge in [-0.05, 0) is 68.2 Å². The fourth-order valence-electron chi connectivity index (χ4n) is 4.55. The molecule has 0 amide bonds. The van der Waals surface area contributed by atoms with Gasteiger partial charge in [0.05, 0.1) is 11.3 Å². The summed E-state index contributed by atoms with van der Waals surface area (Å²) in [5, 5.41) is 4.87. The largest absolute Gasteiger partial charge is 0.365 e. The third-order valence-corrected chi connectivity index (χ3v) is 5.54. The summed E-state index contributed by atoms with van der Waals surface area (Å²) in [6.45, 7) is 0. The van der Waals surface area contributed by atoms with Crippen molar-refractivity contribution in [2.24, 2.45) is 28.8 Å². The lowest BCUT2D eigenvalue weighted by Crippen LogP contribution is -2.45. The van der Waals surface area contributed by atoms with Crippen LogP contribution < -0.4 is 0 Å². The molecule has 0 saturated heterocycles. The van der Waals surface area contributed by atoms with Crippen molar-refractivity contribution in [3.63, 3.8) is 0 Å². The molecule has 4 bridgehead atoms. The number of carbonyl (C=O) groups excluding carboxylic acids is 1. The molecule has 110 valence electrons. The smallest absolute Gasteiger partial charge is 0.313 e. The molecule has 0 heterocycles. The summed E-state index contributed by atoms with van der Waals surface area (Å²) in [5.41, 5.74) is 1.64. The maximum atomic E-state index is 12.0. The molecule has 4 saturated carbocycles. The van der Waals surface area contributed by atoms with Crippen molar-refractivity contribution in [3.05, 3.63) is 34.9 Å². The fourth-order valence-corrected chi connectivity index (χ4v) is 4.67. The van der Waals surface area contributed by atoms with Crippen molar-refractivity contribution in [1.29, 1.82) is 0 Å². The van der Waals surface area contributed by atoms with Crippen molar-refractivity contribution in [2.45, 2.75) is 32.1 Å². The number of hydrogen-bond acceptors (Lipinski definition) is 3. The van der Waals surface area contributed by atoms with Crippen molar-refractivity contribution in [2.75, 3.05) is 0 Å². The first-order valence-electron chi connectivity index (χ1n) is 7.73. The Morgan fingerprint density at radius 1 is 1.00 bits per heavy atom. The molecule has 1 aromatic carbocycles. The zero-order valence-corrected chi connectivity index (χ0v) is 12.6. The number of benzene rings is 1. The molecule has 0 atom stereocenters. The molecule has 0 unspecified atom stereocenters. The minimum Gasteiger partial charge on any atom is -0.313 e. The topological polar surface area (TPSA) is 38.7 Å². The van der Waals surface area contributed by atoms with E-state index in [1.165, 1.54) is 32.1 Å². The summed E-state index contributed by atoms with van der Waals surface area (Å²) >= 11 is 5.82. The van der Waals surface area contributed by atoms with E-state index in [0.29, 0.717) is 22.4 Å². The van der Waals surface area contributed by atoms with Crippen LogP contribution in [0.3, 0.4) is 0 Å². The Balaban J connectivity index is 1.48. The van der Waals surface area contributed by atoms with Crippen LogP contribution in [0.2, 0.25) is 5.02 Å². The van der Waals surface area contributed by atoms with Gasteiger partial charge >= 0.3 is 5.97 Å². The van der Waals surface area contributed by atoms with Gasteiger partial charge in [0, 0.05) is 16.9 Å². The number of rotatable bonds is 2. The molecule has 4 aliphatic rings. The summed E-state index contributed by atoms with van der Waals surface area (Å²) < 4.78 is 0. The number of nitrogens with zero attached hydrogens (tertiary/aromatic N) is 1. The van der Waals surface area contributed by atoms with Crippen LogP contribution in [0.4, 0.5) is 0 Å². The van der Waals surface area contributed by atoms with E-state index in [0.717, 1.165) is 17.5 Å². The van der Waals surface area contributed by atoms with Gasteiger partial charge in [-0.15, -0.1) is 0 Å². The first-order valence-corrected chi connectivity index (χ1v) is 8.11. The van der Waals surface area contributed by atoms with E-state index in [1.54, 1.807) is 24.3 Å². The minimum atomic E-state index is -0.395. The van der Waals surface area contributed by atoms with E-state index in [9.17, 15) is 4.79 Å². The van der Waals surface area contributed by atoms with Crippen LogP contribution in [-0.4, -0.2) is 11.7 Å². The highest BCUT2D eigenvalue weighted by Crippen LogP contribution is 2.52. The van der Waals surface area contributed by atoms with Gasteiger partial charge in [-0.2, -0.15) is 0 Å². The van der Waals surface area contributed by atoms with Gasteiger partial charge in [0.2, 0.25) is 0 Å². The van der Waals surface area contributed by atoms with Crippen LogP contribution >= 0.6 is 11.6 Å². The Morgan fingerprint density at radius 2 is 1.57 bits per heavy atom. The van der Waals surface area contributed by atoms with Crippen LogP contribution in [0.1, 0.15) is 42.5 Å². The second-order valence-corrected chi connectivity index (χ2v) is 7.14. The molecule has 5 rings (SSSR count). The number of halogens is 1. The molecule has 1 aromatic rings. The molecule has 4 heteroatoms. The summed E-state index contributed by atoms with van der Waals surface area (Å²) in [5.74, 6) is 2.49. The van der Waals surface area contributed by atoms with Gasteiger partial charge in [-0.25, -0.2) is 4.79 Å². The predicted molar refractivity (Wildman–Crippen MR) is 81.3 cm³/mol. The zero-order chi connectivity index (χ0) is 14.4. The van der Waals surface area contributed by atoms with Gasteiger partial charge in [0.15, 0.2) is 0 Å². The van der Waals surface area contributed by atoms with Gasteiger partial charge in [-0.1, -0.05) is 16.8 Å². The third-order valence-electron chi connectivity index (χ3n) is 5.29. The second kappa shape index (κ2) is 5.13. The van der Waals surface area contributed by atoms with Crippen LogP contribution in [0, 0.1) is 23.7 Å². The molecule has 0 aliphatic heterocycles. The van der Waals surface area contributed by atoms with Crippen molar-refractivity contribution in [1.82, 2.24) is 0 Å².